The number of carboxylic acid groups (broad SMARTS) is 1. The number of aliphatic carboxylic acids is 1. The Morgan fingerprint density at radius 1 is 1.64 bits per heavy atom. The van der Waals surface area contributed by atoms with Gasteiger partial charge in [0.1, 0.15) is 6.10 Å². The monoisotopic (exact) mass is 276 g/mol. The van der Waals surface area contributed by atoms with E-state index < -0.39 is 18.7 Å². The summed E-state index contributed by atoms with van der Waals surface area (Å²) >= 11 is 1.78. The van der Waals surface area contributed by atoms with Crippen LogP contribution in [-0.2, 0) is 9.59 Å². The van der Waals surface area contributed by atoms with E-state index in [1.54, 1.807) is 22.6 Å². The van der Waals surface area contributed by atoms with Gasteiger partial charge in [0.25, 0.3) is 0 Å². The molecule has 0 aromatic rings. The summed E-state index contributed by atoms with van der Waals surface area (Å²) in [6.45, 7) is -0.483. The standard InChI is InChI=1S/C3H6O3.C2H3IO2/c4-1-3(6)2-5;3-1-2(4)5/h1,3,5-6H,2H2;1H2,(H,4,5). The first-order valence-electron chi connectivity index (χ1n) is 2.60. The van der Waals surface area contributed by atoms with Crippen LogP contribution in [0.2, 0.25) is 0 Å². The second kappa shape index (κ2) is 9.79. The minimum atomic E-state index is -1.19. The van der Waals surface area contributed by atoms with Crippen LogP contribution >= 0.6 is 22.6 Å². The van der Waals surface area contributed by atoms with Crippen LogP contribution in [0.5, 0.6) is 0 Å². The van der Waals surface area contributed by atoms with E-state index in [1.807, 2.05) is 0 Å². The van der Waals surface area contributed by atoms with Gasteiger partial charge in [0.05, 0.1) is 11.0 Å². The average molecular weight is 276 g/mol. The summed E-state index contributed by atoms with van der Waals surface area (Å²) in [5, 5.41) is 23.6. The van der Waals surface area contributed by atoms with E-state index in [0.29, 0.717) is 0 Å². The summed E-state index contributed by atoms with van der Waals surface area (Å²) in [4.78, 5) is 18.7. The number of hydrogen-bond donors (Lipinski definition) is 3. The fraction of sp³-hybridized carbons (Fsp3) is 0.600. The van der Waals surface area contributed by atoms with Crippen LogP contribution in [0, 0.1) is 0 Å². The quantitative estimate of drug-likeness (QED) is 0.351. The molecule has 0 heterocycles. The van der Waals surface area contributed by atoms with Crippen LogP contribution < -0.4 is 0 Å². The highest BCUT2D eigenvalue weighted by molar-refractivity contribution is 14.1. The number of carboxylic acids is 1. The molecule has 5 nitrogen and oxygen atoms in total. The van der Waals surface area contributed by atoms with Gasteiger partial charge in [-0.2, -0.15) is 0 Å². The molecule has 66 valence electrons. The van der Waals surface area contributed by atoms with Crippen LogP contribution in [0.15, 0.2) is 0 Å². The molecule has 0 aliphatic rings. The molecule has 0 rings (SSSR count). The van der Waals surface area contributed by atoms with Crippen LogP contribution in [0.3, 0.4) is 0 Å². The Bertz CT molecular complexity index is 115. The molecule has 0 aliphatic carbocycles. The second-order valence-electron chi connectivity index (χ2n) is 1.41. The van der Waals surface area contributed by atoms with E-state index in [0.717, 1.165) is 0 Å². The first-order valence-corrected chi connectivity index (χ1v) is 4.13. The predicted octanol–water partition coefficient (Wildman–Crippen LogP) is -0.955. The summed E-state index contributed by atoms with van der Waals surface area (Å²) in [6, 6.07) is 0. The van der Waals surface area contributed by atoms with Gasteiger partial charge in [-0.3, -0.25) is 4.79 Å². The third-order valence-electron chi connectivity index (χ3n) is 0.458. The highest BCUT2D eigenvalue weighted by Crippen LogP contribution is 1.75. The number of carbonyl (C=O) groups excluding carboxylic acids is 1. The van der Waals surface area contributed by atoms with Crippen molar-refractivity contribution < 1.29 is 24.9 Å². The SMILES string of the molecule is O=C(O)CI.O=CC(O)CO. The average Bonchev–Trinajstić information content (AvgIpc) is 2.04. The maximum Gasteiger partial charge on any atom is 0.313 e. The molecule has 0 aromatic heterocycles. The number of hydrogen-bond acceptors (Lipinski definition) is 4. The van der Waals surface area contributed by atoms with E-state index in [4.69, 9.17) is 15.3 Å². The fourth-order valence-electron chi connectivity index (χ4n) is 0.0430. The maximum absolute atomic E-state index is 9.36. The van der Waals surface area contributed by atoms with Gasteiger partial charge < -0.3 is 20.1 Å². The summed E-state index contributed by atoms with van der Waals surface area (Å²) in [5.74, 6) is -0.759. The number of rotatable bonds is 3. The lowest BCUT2D eigenvalue weighted by Crippen LogP contribution is -2.12. The van der Waals surface area contributed by atoms with Crippen molar-refractivity contribution in [2.75, 3.05) is 11.0 Å². The van der Waals surface area contributed by atoms with Gasteiger partial charge in [-0.1, -0.05) is 22.6 Å². The minimum Gasteiger partial charge on any atom is -0.481 e. The second-order valence-corrected chi connectivity index (χ2v) is 2.18. The largest absolute Gasteiger partial charge is 0.481 e. The molecule has 0 aliphatic heterocycles. The van der Waals surface area contributed by atoms with Gasteiger partial charge in [0.2, 0.25) is 0 Å². The zero-order valence-corrected chi connectivity index (χ0v) is 7.76. The zero-order valence-electron chi connectivity index (χ0n) is 5.61. The van der Waals surface area contributed by atoms with Crippen molar-refractivity contribution in [3.63, 3.8) is 0 Å². The molecule has 0 saturated heterocycles. The van der Waals surface area contributed by atoms with Gasteiger partial charge >= 0.3 is 5.97 Å². The number of carbonyl (C=O) groups is 2. The minimum absolute atomic E-state index is 0.192. The zero-order chi connectivity index (χ0) is 9.28. The van der Waals surface area contributed by atoms with Gasteiger partial charge in [-0.25, -0.2) is 0 Å². The van der Waals surface area contributed by atoms with E-state index >= 15 is 0 Å². The number of aliphatic hydroxyl groups is 2. The van der Waals surface area contributed by atoms with Crippen molar-refractivity contribution in [2.24, 2.45) is 0 Å². The van der Waals surface area contributed by atoms with Crippen molar-refractivity contribution in [1.82, 2.24) is 0 Å². The Hall–Kier alpha value is -0.210. The summed E-state index contributed by atoms with van der Waals surface area (Å²) in [7, 11) is 0. The molecule has 0 radical (unpaired) electrons. The van der Waals surface area contributed by atoms with Gasteiger partial charge in [-0.05, 0) is 0 Å². The fourth-order valence-corrected chi connectivity index (χ4v) is 0.0430. The molecule has 3 N–H and O–H groups in total. The van der Waals surface area contributed by atoms with E-state index in [1.165, 1.54) is 0 Å². The molecule has 1 atom stereocenters. The molecule has 0 aromatic carbocycles. The highest BCUT2D eigenvalue weighted by Gasteiger charge is 1.92. The first kappa shape index (κ1) is 13.4. The summed E-state index contributed by atoms with van der Waals surface area (Å²) < 4.78 is 0.192. The number of aldehydes is 1. The number of alkyl halides is 1. The van der Waals surface area contributed by atoms with Gasteiger partial charge in [0.15, 0.2) is 6.29 Å². The Balaban J connectivity index is 0. The van der Waals surface area contributed by atoms with Gasteiger partial charge in [-0.15, -0.1) is 0 Å². The smallest absolute Gasteiger partial charge is 0.313 e. The van der Waals surface area contributed by atoms with Crippen LogP contribution in [0.25, 0.3) is 0 Å². The Kier molecular flexibility index (Phi) is 11.9. The predicted molar refractivity (Wildman–Crippen MR) is 45.7 cm³/mol. The lowest BCUT2D eigenvalue weighted by molar-refractivity contribution is -0.133. The third kappa shape index (κ3) is 17.7. The Morgan fingerprint density at radius 2 is 2.00 bits per heavy atom. The number of aliphatic hydroxyl groups excluding tert-OH is 2. The molecular weight excluding hydrogens is 267 g/mol. The third-order valence-corrected chi connectivity index (χ3v) is 1.11. The van der Waals surface area contributed by atoms with Crippen molar-refractivity contribution in [3.05, 3.63) is 0 Å². The van der Waals surface area contributed by atoms with Crippen LogP contribution in [0.1, 0.15) is 0 Å². The van der Waals surface area contributed by atoms with Crippen molar-refractivity contribution in [3.8, 4) is 0 Å². The Labute approximate surface area is 77.2 Å². The highest BCUT2D eigenvalue weighted by atomic mass is 127. The summed E-state index contributed by atoms with van der Waals surface area (Å²) in [5.41, 5.74) is 0. The van der Waals surface area contributed by atoms with Crippen molar-refractivity contribution in [1.29, 1.82) is 0 Å². The maximum atomic E-state index is 9.36. The van der Waals surface area contributed by atoms with Crippen LogP contribution in [-0.4, -0.2) is 44.7 Å². The van der Waals surface area contributed by atoms with Crippen molar-refractivity contribution >= 4 is 34.8 Å². The van der Waals surface area contributed by atoms with E-state index in [2.05, 4.69) is 0 Å². The Morgan fingerprint density at radius 3 is 2.00 bits per heavy atom. The lowest BCUT2D eigenvalue weighted by atomic mass is 10.4. The topological polar surface area (TPSA) is 94.8 Å². The van der Waals surface area contributed by atoms with E-state index in [9.17, 15) is 9.59 Å². The molecule has 0 bridgehead atoms. The first-order chi connectivity index (χ1) is 5.08. The lowest BCUT2D eigenvalue weighted by Gasteiger charge is -1.89. The van der Waals surface area contributed by atoms with Crippen molar-refractivity contribution in [2.45, 2.75) is 6.10 Å². The molecule has 6 heteroatoms. The molecule has 11 heavy (non-hydrogen) atoms. The van der Waals surface area contributed by atoms with Crippen LogP contribution in [0.4, 0.5) is 0 Å². The molecule has 0 saturated carbocycles. The van der Waals surface area contributed by atoms with Gasteiger partial charge in [0, 0.05) is 0 Å². The van der Waals surface area contributed by atoms with E-state index in [-0.39, 0.29) is 10.7 Å². The molecule has 0 fully saturated rings. The summed E-state index contributed by atoms with van der Waals surface area (Å²) in [6.07, 6.45) is -0.912. The normalized spacial score (nSPS) is 10.8. The molecule has 1 unspecified atom stereocenters. The molecule has 0 amide bonds. The number of halogens is 1. The molecule has 0 spiro atoms. The molecular formula is C5H9IO5.